The molecule has 1 saturated heterocycles. The second kappa shape index (κ2) is 11.3. The third-order valence-electron chi connectivity index (χ3n) is 8.46. The number of aliphatic hydroxyl groups excluding tert-OH is 1. The second-order valence-electron chi connectivity index (χ2n) is 11.5. The van der Waals surface area contributed by atoms with E-state index in [4.69, 9.17) is 5.10 Å². The number of rotatable bonds is 9. The van der Waals surface area contributed by atoms with Gasteiger partial charge in [0.25, 0.3) is 5.91 Å². The smallest absolute Gasteiger partial charge is 0.270 e. The molecule has 3 N–H and O–H groups in total. The van der Waals surface area contributed by atoms with Gasteiger partial charge in [-0.2, -0.15) is 5.10 Å². The molecule has 218 valence electrons. The number of hydrogen-bond donors (Lipinski definition) is 3. The van der Waals surface area contributed by atoms with Gasteiger partial charge in [-0.05, 0) is 80.5 Å². The third kappa shape index (κ3) is 5.54. The van der Waals surface area contributed by atoms with E-state index in [1.807, 2.05) is 30.0 Å². The Labute approximate surface area is 244 Å². The van der Waals surface area contributed by atoms with E-state index < -0.39 is 11.4 Å². The molecule has 2 aromatic carbocycles. The minimum atomic E-state index is -1.17. The zero-order valence-electron chi connectivity index (χ0n) is 24.0. The minimum Gasteiger partial charge on any atom is -0.393 e. The molecule has 9 heteroatoms. The van der Waals surface area contributed by atoms with Crippen LogP contribution >= 0.6 is 0 Å². The summed E-state index contributed by atoms with van der Waals surface area (Å²) in [7, 11) is 0. The highest BCUT2D eigenvalue weighted by molar-refractivity contribution is 5.93. The van der Waals surface area contributed by atoms with Gasteiger partial charge in [0.2, 0.25) is 0 Å². The molecule has 1 amide bonds. The first-order chi connectivity index (χ1) is 20.3. The van der Waals surface area contributed by atoms with Crippen LogP contribution in [0.1, 0.15) is 66.3 Å². The Balaban J connectivity index is 1.22. The molecule has 3 heterocycles. The van der Waals surface area contributed by atoms with Crippen molar-refractivity contribution in [3.63, 3.8) is 0 Å². The Hall–Kier alpha value is -4.08. The number of β-amino-alcohol motifs (C(OH)–C–C–N with tert-alkyl or cyclic N) is 1. The van der Waals surface area contributed by atoms with Crippen molar-refractivity contribution < 1.29 is 19.4 Å². The van der Waals surface area contributed by atoms with Gasteiger partial charge in [-0.15, -0.1) is 0 Å². The predicted octanol–water partition coefficient (Wildman–Crippen LogP) is 4.74. The van der Waals surface area contributed by atoms with Crippen LogP contribution in [0.5, 0.6) is 0 Å². The van der Waals surface area contributed by atoms with Gasteiger partial charge in [0.15, 0.2) is 5.65 Å². The number of allylic oxidation sites excluding steroid dienone is 2. The molecule has 1 saturated carbocycles. The van der Waals surface area contributed by atoms with Crippen LogP contribution in [0.4, 0.5) is 10.1 Å². The number of amides is 1. The van der Waals surface area contributed by atoms with E-state index in [1.165, 1.54) is 22.8 Å². The maximum Gasteiger partial charge on any atom is 0.270 e. The summed E-state index contributed by atoms with van der Waals surface area (Å²) in [6, 6.07) is 16.7. The Morgan fingerprint density at radius 1 is 1.19 bits per heavy atom. The number of benzene rings is 2. The van der Waals surface area contributed by atoms with Crippen LogP contribution < -0.4 is 10.2 Å². The van der Waals surface area contributed by atoms with Crippen LogP contribution in [0.25, 0.3) is 22.5 Å². The molecule has 0 radical (unpaired) electrons. The van der Waals surface area contributed by atoms with Gasteiger partial charge in [-0.25, -0.2) is 13.9 Å². The average molecular weight is 570 g/mol. The summed E-state index contributed by atoms with van der Waals surface area (Å²) in [5, 5.41) is 27.5. The molecule has 4 aromatic rings. The SMILES string of the molecule is C/C=C(/C)c1ccccc1CCNC(=O)c1cc(C2CC2)n2nc(-c3ccc(N4CCC(O)(CO)C4)cc3F)cc2n1. The first-order valence-electron chi connectivity index (χ1n) is 14.6. The van der Waals surface area contributed by atoms with E-state index in [1.54, 1.807) is 22.7 Å². The maximum absolute atomic E-state index is 15.4. The van der Waals surface area contributed by atoms with Crippen molar-refractivity contribution in [3.05, 3.63) is 89.0 Å². The van der Waals surface area contributed by atoms with Gasteiger partial charge in [0.1, 0.15) is 17.1 Å². The summed E-state index contributed by atoms with van der Waals surface area (Å²) in [5.74, 6) is -0.390. The topological polar surface area (TPSA) is 103 Å². The molecule has 2 fully saturated rings. The third-order valence-corrected chi connectivity index (χ3v) is 8.46. The van der Waals surface area contributed by atoms with Crippen LogP contribution in [0.2, 0.25) is 0 Å². The molecule has 1 aliphatic heterocycles. The Morgan fingerprint density at radius 3 is 2.71 bits per heavy atom. The largest absolute Gasteiger partial charge is 0.393 e. The maximum atomic E-state index is 15.4. The predicted molar refractivity (Wildman–Crippen MR) is 161 cm³/mol. The number of anilines is 1. The molecule has 0 bridgehead atoms. The van der Waals surface area contributed by atoms with Crippen molar-refractivity contribution >= 4 is 22.8 Å². The number of nitrogens with zero attached hydrogens (tertiary/aromatic N) is 4. The fourth-order valence-electron chi connectivity index (χ4n) is 5.71. The van der Waals surface area contributed by atoms with E-state index in [0.29, 0.717) is 54.2 Å². The van der Waals surface area contributed by atoms with Crippen LogP contribution in [0.15, 0.2) is 60.7 Å². The quantitative estimate of drug-likeness (QED) is 0.269. The summed E-state index contributed by atoms with van der Waals surface area (Å²) in [5.41, 5.74) is 5.55. The summed E-state index contributed by atoms with van der Waals surface area (Å²) in [6.45, 7) is 5.04. The number of carbonyl (C=O) groups is 1. The van der Waals surface area contributed by atoms with Crippen molar-refractivity contribution in [3.8, 4) is 11.3 Å². The normalized spacial score (nSPS) is 19.1. The molecule has 2 aliphatic rings. The van der Waals surface area contributed by atoms with Gasteiger partial charge in [0, 0.05) is 48.6 Å². The minimum absolute atomic E-state index is 0.244. The Morgan fingerprint density at radius 2 is 2.00 bits per heavy atom. The number of halogens is 1. The molecular weight excluding hydrogens is 533 g/mol. The number of hydrogen-bond acceptors (Lipinski definition) is 6. The summed E-state index contributed by atoms with van der Waals surface area (Å²) < 4.78 is 17.1. The van der Waals surface area contributed by atoms with E-state index in [0.717, 1.165) is 18.5 Å². The van der Waals surface area contributed by atoms with Crippen molar-refractivity contribution in [2.45, 2.75) is 51.0 Å². The number of carbonyl (C=O) groups excluding carboxylic acids is 1. The van der Waals surface area contributed by atoms with Crippen molar-refractivity contribution in [1.82, 2.24) is 19.9 Å². The van der Waals surface area contributed by atoms with E-state index >= 15 is 4.39 Å². The highest BCUT2D eigenvalue weighted by Crippen LogP contribution is 2.40. The summed E-state index contributed by atoms with van der Waals surface area (Å²) >= 11 is 0. The number of nitrogens with one attached hydrogen (secondary N) is 1. The molecule has 42 heavy (non-hydrogen) atoms. The lowest BCUT2D eigenvalue weighted by Crippen LogP contribution is -2.36. The first-order valence-corrected chi connectivity index (χ1v) is 14.6. The van der Waals surface area contributed by atoms with Gasteiger partial charge in [0.05, 0.1) is 12.3 Å². The second-order valence-corrected chi connectivity index (χ2v) is 11.5. The molecule has 1 aliphatic carbocycles. The van der Waals surface area contributed by atoms with Gasteiger partial charge in [-0.3, -0.25) is 4.79 Å². The molecule has 1 unspecified atom stereocenters. The zero-order chi connectivity index (χ0) is 29.4. The zero-order valence-corrected chi connectivity index (χ0v) is 24.0. The molecule has 0 spiro atoms. The van der Waals surface area contributed by atoms with E-state index in [2.05, 4.69) is 35.4 Å². The van der Waals surface area contributed by atoms with Gasteiger partial charge in [-0.1, -0.05) is 30.3 Å². The Kier molecular flexibility index (Phi) is 7.55. The van der Waals surface area contributed by atoms with Gasteiger partial charge >= 0.3 is 0 Å². The van der Waals surface area contributed by atoms with Crippen LogP contribution in [-0.2, 0) is 6.42 Å². The van der Waals surface area contributed by atoms with Crippen molar-refractivity contribution in [2.75, 3.05) is 31.1 Å². The summed E-state index contributed by atoms with van der Waals surface area (Å²) in [4.78, 5) is 19.7. The highest BCUT2D eigenvalue weighted by Gasteiger charge is 2.36. The molecule has 2 aromatic heterocycles. The monoisotopic (exact) mass is 569 g/mol. The number of aromatic nitrogens is 3. The van der Waals surface area contributed by atoms with Crippen LogP contribution in [-0.4, -0.2) is 62.6 Å². The average Bonchev–Trinajstić information content (AvgIpc) is 3.64. The molecule has 1 atom stereocenters. The number of aliphatic hydroxyl groups is 2. The molecule has 8 nitrogen and oxygen atoms in total. The van der Waals surface area contributed by atoms with E-state index in [-0.39, 0.29) is 25.0 Å². The van der Waals surface area contributed by atoms with Crippen LogP contribution in [0.3, 0.4) is 0 Å². The highest BCUT2D eigenvalue weighted by atomic mass is 19.1. The summed E-state index contributed by atoms with van der Waals surface area (Å²) in [6.07, 6.45) is 5.23. The molecule has 6 rings (SSSR count). The number of fused-ring (bicyclic) bond motifs is 1. The molecular formula is C33H36FN5O3. The lowest BCUT2D eigenvalue weighted by Gasteiger charge is -2.22. The Bertz CT molecular complexity index is 1680. The fraction of sp³-hybridized carbons (Fsp3) is 0.364. The fourth-order valence-corrected chi connectivity index (χ4v) is 5.71. The van der Waals surface area contributed by atoms with Crippen LogP contribution in [0, 0.1) is 5.82 Å². The lowest BCUT2D eigenvalue weighted by molar-refractivity contribution is 0.00476. The van der Waals surface area contributed by atoms with Gasteiger partial charge < -0.3 is 20.4 Å². The first kappa shape index (κ1) is 28.1. The van der Waals surface area contributed by atoms with Crippen molar-refractivity contribution in [2.24, 2.45) is 0 Å². The lowest BCUT2D eigenvalue weighted by atomic mass is 9.98. The van der Waals surface area contributed by atoms with E-state index in [9.17, 15) is 15.0 Å². The standard InChI is InChI=1S/C33H36FN5O3/c1-3-21(2)25-7-5-4-6-22(25)12-14-35-32(41)29-17-30(23-8-9-23)39-31(36-29)18-28(37-39)26-11-10-24(16-27(26)34)38-15-13-33(42,19-38)20-40/h3-7,10-11,16-18,23,40,42H,8-9,12-15,19-20H2,1-2H3,(H,35,41)/b21-3-. The van der Waals surface area contributed by atoms with Crippen molar-refractivity contribution in [1.29, 1.82) is 0 Å².